The summed E-state index contributed by atoms with van der Waals surface area (Å²) in [5.41, 5.74) is 6.13. The minimum Gasteiger partial charge on any atom is -0.873 e. The minimum absolute atomic E-state index is 0. The zero-order valence-electron chi connectivity index (χ0n) is 63.8. The van der Waals surface area contributed by atoms with Crippen LogP contribution in [0.2, 0.25) is 0 Å². The average molecular weight is 1420 g/mol. The molecule has 0 amide bonds. The van der Waals surface area contributed by atoms with Gasteiger partial charge in [-0.25, -0.2) is 4.99 Å². The third-order valence-corrected chi connectivity index (χ3v) is 19.3. The first kappa shape index (κ1) is 91.0. The average Bonchev–Trinajstić information content (AvgIpc) is 1.54. The summed E-state index contributed by atoms with van der Waals surface area (Å²) in [6, 6.07) is 21.5. The minimum atomic E-state index is -0.430. The van der Waals surface area contributed by atoms with Crippen molar-refractivity contribution in [2.75, 3.05) is 0 Å². The Bertz CT molecular complexity index is 2460. The number of rotatable bonds is 62. The molecule has 0 atom stereocenters. The largest absolute Gasteiger partial charge is 2.00 e. The third-order valence-electron chi connectivity index (χ3n) is 19.3. The van der Waals surface area contributed by atoms with Crippen LogP contribution in [0.4, 0.5) is 11.4 Å². The first-order chi connectivity index (χ1) is 47.5. The van der Waals surface area contributed by atoms with E-state index in [2.05, 4.69) is 105 Å². The Balaban J connectivity index is 0.00000432. The normalized spacial score (nSPS) is 11.2. The van der Waals surface area contributed by atoms with Gasteiger partial charge in [-0.3, -0.25) is 4.99 Å². The van der Waals surface area contributed by atoms with Gasteiger partial charge in [0.15, 0.2) is 0 Å². The van der Waals surface area contributed by atoms with E-state index in [0.29, 0.717) is 0 Å². The standard InChI is InChI=1S/C85H142N2.C7H8O2.Pd/c1-4-7-10-13-16-19-21-23-25-27-29-31-33-35-37-39-41-43-45-47-49-51-53-55-58-60-63-66-73-81-75-69-71-78-84(81)86-80-83(77-68-65-62-57-18-15-12-9-6-3)87-85-79-72-70-76-82(85)74-67-64-61-59-56-54-52-50-48-46-44-42-40-38-36-34-32-30-28-26-24-22-20-17-14-11-8-5-2;1-5-2-3-6(8)7(9)4-5;/h69-72,75-76,78-80H,4-57,62-67,73-74H2,1-3H3;2-4,8-9H,1H3;/q;;+2/p-2/b86-80+,87-83-;;. The van der Waals surface area contributed by atoms with E-state index in [-0.39, 0.29) is 20.4 Å². The van der Waals surface area contributed by atoms with Gasteiger partial charge in [0, 0.05) is 32.1 Å². The van der Waals surface area contributed by atoms with Crippen LogP contribution in [0.1, 0.15) is 423 Å². The molecule has 0 unspecified atom stereocenters. The second-order valence-corrected chi connectivity index (χ2v) is 28.6. The van der Waals surface area contributed by atoms with Crippen LogP contribution in [0.15, 0.2) is 76.7 Å². The maximum absolute atomic E-state index is 10.5. The Morgan fingerprint density at radius 3 is 0.887 bits per heavy atom. The summed E-state index contributed by atoms with van der Waals surface area (Å²) in [6.45, 7) is 8.69. The van der Waals surface area contributed by atoms with Gasteiger partial charge in [-0.05, 0) is 81.0 Å². The van der Waals surface area contributed by atoms with Crippen LogP contribution < -0.4 is 10.2 Å². The maximum atomic E-state index is 10.5. The van der Waals surface area contributed by atoms with Gasteiger partial charge in [0.25, 0.3) is 0 Å². The summed E-state index contributed by atoms with van der Waals surface area (Å²) >= 11 is 0. The fourth-order valence-corrected chi connectivity index (χ4v) is 13.1. The summed E-state index contributed by atoms with van der Waals surface area (Å²) in [5.74, 6) is 20.1. The molecule has 548 valence electrons. The third kappa shape index (κ3) is 60.4. The molecule has 0 saturated carbocycles. The first-order valence-corrected chi connectivity index (χ1v) is 41.6. The number of nitrogens with zero attached hydrogens (tertiary/aromatic N) is 2. The van der Waals surface area contributed by atoms with E-state index in [1.807, 2.05) is 6.21 Å². The molecular formula is C92H148N2O2Pd. The van der Waals surface area contributed by atoms with Crippen LogP contribution in [0.25, 0.3) is 0 Å². The molecule has 0 heterocycles. The van der Waals surface area contributed by atoms with Gasteiger partial charge in [-0.1, -0.05) is 408 Å². The van der Waals surface area contributed by atoms with Crippen molar-refractivity contribution in [3.8, 4) is 47.0 Å². The molecule has 0 aliphatic carbocycles. The van der Waals surface area contributed by atoms with Gasteiger partial charge in [-0.2, -0.15) is 0 Å². The number of aryl methyl sites for hydroxylation is 3. The van der Waals surface area contributed by atoms with Crippen LogP contribution in [0.5, 0.6) is 11.5 Å². The van der Waals surface area contributed by atoms with E-state index in [1.54, 1.807) is 13.0 Å². The molecule has 0 aromatic heterocycles. The van der Waals surface area contributed by atoms with Gasteiger partial charge < -0.3 is 10.2 Å². The summed E-state index contributed by atoms with van der Waals surface area (Å²) in [6.07, 6.45) is 85.7. The molecule has 3 aromatic carbocycles. The van der Waals surface area contributed by atoms with Crippen LogP contribution in [0.3, 0.4) is 0 Å². The predicted octanol–water partition coefficient (Wildman–Crippen LogP) is 28.9. The van der Waals surface area contributed by atoms with Crippen molar-refractivity contribution in [2.24, 2.45) is 9.98 Å². The fraction of sp³-hybridized carbons (Fsp3) is 0.717. The molecular weight excluding hydrogens is 1270 g/mol. The molecule has 5 heteroatoms. The van der Waals surface area contributed by atoms with Crippen molar-refractivity contribution in [2.45, 2.75) is 426 Å². The molecule has 0 aliphatic heterocycles. The van der Waals surface area contributed by atoms with Crippen molar-refractivity contribution in [3.05, 3.63) is 83.4 Å². The Morgan fingerprint density at radius 2 is 0.577 bits per heavy atom. The van der Waals surface area contributed by atoms with Gasteiger partial charge in [0.2, 0.25) is 0 Å². The molecule has 0 radical (unpaired) electrons. The van der Waals surface area contributed by atoms with Crippen LogP contribution >= 0.6 is 0 Å². The molecule has 0 N–H and O–H groups in total. The Morgan fingerprint density at radius 1 is 0.309 bits per heavy atom. The van der Waals surface area contributed by atoms with Gasteiger partial charge in [-0.15, -0.1) is 35.2 Å². The van der Waals surface area contributed by atoms with Gasteiger partial charge in [0.1, 0.15) is 5.71 Å². The van der Waals surface area contributed by atoms with Crippen molar-refractivity contribution in [3.63, 3.8) is 0 Å². The van der Waals surface area contributed by atoms with Crippen LogP contribution in [0, 0.1) is 42.4 Å². The van der Waals surface area contributed by atoms with E-state index in [1.165, 1.54) is 357 Å². The fourth-order valence-electron chi connectivity index (χ4n) is 13.1. The van der Waals surface area contributed by atoms with E-state index >= 15 is 0 Å². The zero-order chi connectivity index (χ0) is 68.6. The molecule has 0 bridgehead atoms. The second kappa shape index (κ2) is 73.2. The van der Waals surface area contributed by atoms with Crippen molar-refractivity contribution < 1.29 is 30.6 Å². The van der Waals surface area contributed by atoms with E-state index in [0.717, 1.165) is 86.9 Å². The molecule has 0 fully saturated rings. The smallest absolute Gasteiger partial charge is 0.873 e. The maximum Gasteiger partial charge on any atom is 2.00 e. The molecule has 3 rings (SSSR count). The van der Waals surface area contributed by atoms with E-state index in [9.17, 15) is 10.2 Å². The van der Waals surface area contributed by atoms with Crippen molar-refractivity contribution in [1.82, 2.24) is 0 Å². The van der Waals surface area contributed by atoms with Crippen molar-refractivity contribution >= 4 is 23.3 Å². The number of unbranched alkanes of at least 4 members (excludes halogenated alkanes) is 55. The summed E-state index contributed by atoms with van der Waals surface area (Å²) in [5, 5.41) is 21.0. The first-order valence-electron chi connectivity index (χ1n) is 41.6. The number of benzene rings is 3. The second-order valence-electron chi connectivity index (χ2n) is 28.6. The van der Waals surface area contributed by atoms with E-state index in [4.69, 9.17) is 9.98 Å². The Kier molecular flexibility index (Phi) is 68.6. The van der Waals surface area contributed by atoms with Crippen LogP contribution in [-0.4, -0.2) is 11.9 Å². The summed E-state index contributed by atoms with van der Waals surface area (Å²) < 4.78 is 0. The monoisotopic (exact) mass is 1420 g/mol. The number of hydrogen-bond acceptors (Lipinski definition) is 4. The number of aliphatic imine (C=N–C) groups is 2. The molecule has 0 saturated heterocycles. The summed E-state index contributed by atoms with van der Waals surface area (Å²) in [7, 11) is 0. The van der Waals surface area contributed by atoms with Gasteiger partial charge >= 0.3 is 20.4 Å². The molecule has 3 aromatic rings. The Labute approximate surface area is 616 Å². The quantitative estimate of drug-likeness (QED) is 0.0245. The topological polar surface area (TPSA) is 70.8 Å². The van der Waals surface area contributed by atoms with E-state index < -0.39 is 11.5 Å². The number of hydrogen-bond donors (Lipinski definition) is 0. The van der Waals surface area contributed by atoms with Gasteiger partial charge in [0.05, 0.1) is 17.6 Å². The summed E-state index contributed by atoms with van der Waals surface area (Å²) in [4.78, 5) is 10.3. The van der Waals surface area contributed by atoms with Crippen molar-refractivity contribution in [1.29, 1.82) is 0 Å². The molecule has 0 spiro atoms. The predicted molar refractivity (Wildman–Crippen MR) is 423 cm³/mol. The van der Waals surface area contributed by atoms with Crippen LogP contribution in [-0.2, 0) is 33.3 Å². The number of para-hydroxylation sites is 2. The molecule has 4 nitrogen and oxygen atoms in total. The Hall–Kier alpha value is -4.06. The molecule has 0 aliphatic rings. The zero-order valence-corrected chi connectivity index (χ0v) is 65.4. The molecule has 97 heavy (non-hydrogen) atoms. The SMILES string of the molecule is CCCCCCCCCC#CC(/C=N/c1ccccc1CCCC#CCCCCCCCCCCCCCCCCCCCCCCCCC)=N/c1ccccc1CCCC#CCCCCCCCCCCCCCCCCCCCCCCCCC.Cc1ccc([O-])c([O-])c1.[Pd+2].